The van der Waals surface area contributed by atoms with Gasteiger partial charge in [0, 0.05) is 12.8 Å². The van der Waals surface area contributed by atoms with E-state index >= 15 is 0 Å². The van der Waals surface area contributed by atoms with Crippen LogP contribution in [-0.4, -0.2) is 47.4 Å². The van der Waals surface area contributed by atoms with Crippen LogP contribution in [0.4, 0.5) is 0 Å². The third-order valence-corrected chi connectivity index (χ3v) is 16.3. The Balaban J connectivity index is 3.48. The number of allylic oxidation sites excluding steroid dienone is 9. The number of ether oxygens (including phenoxy) is 1. The van der Waals surface area contributed by atoms with Crippen LogP contribution in [0.5, 0.6) is 0 Å². The van der Waals surface area contributed by atoms with Gasteiger partial charge in [0.05, 0.1) is 25.4 Å². The first kappa shape index (κ1) is 77.6. The minimum atomic E-state index is -0.854. The van der Waals surface area contributed by atoms with Crippen molar-refractivity contribution < 1.29 is 24.5 Å². The lowest BCUT2D eigenvalue weighted by Gasteiger charge is -2.20. The van der Waals surface area contributed by atoms with Gasteiger partial charge in [-0.3, -0.25) is 9.59 Å². The van der Waals surface area contributed by atoms with Gasteiger partial charge in [-0.15, -0.1) is 0 Å². The summed E-state index contributed by atoms with van der Waals surface area (Å²) in [4.78, 5) is 24.6. The normalized spacial score (nSPS) is 12.9. The molecule has 0 aromatic heterocycles. The van der Waals surface area contributed by atoms with Crippen LogP contribution in [-0.2, 0) is 14.3 Å². The van der Waals surface area contributed by atoms with E-state index in [2.05, 4.69) is 67.8 Å². The van der Waals surface area contributed by atoms with E-state index in [1.165, 1.54) is 276 Å². The van der Waals surface area contributed by atoms with Gasteiger partial charge in [0.1, 0.15) is 0 Å². The third kappa shape index (κ3) is 64.7. The van der Waals surface area contributed by atoms with Crippen LogP contribution in [0.2, 0.25) is 0 Å². The van der Waals surface area contributed by atoms with Crippen molar-refractivity contribution >= 4 is 11.9 Å². The molecule has 0 rings (SSSR count). The van der Waals surface area contributed by atoms with Crippen LogP contribution < -0.4 is 5.32 Å². The summed E-state index contributed by atoms with van der Waals surface area (Å²) in [5.41, 5.74) is 0. The Kier molecular flexibility index (Phi) is 66.9. The van der Waals surface area contributed by atoms with Crippen LogP contribution in [0.3, 0.4) is 0 Å². The molecule has 3 N–H and O–H groups in total. The monoisotopic (exact) mass is 1120 g/mol. The summed E-state index contributed by atoms with van der Waals surface area (Å²) in [6.45, 7) is 4.90. The van der Waals surface area contributed by atoms with Crippen molar-refractivity contribution in [2.45, 2.75) is 386 Å². The highest BCUT2D eigenvalue weighted by molar-refractivity contribution is 5.76. The number of hydrogen-bond donors (Lipinski definition) is 3. The molecule has 2 unspecified atom stereocenters. The molecule has 6 nitrogen and oxygen atoms in total. The van der Waals surface area contributed by atoms with Crippen molar-refractivity contribution in [2.75, 3.05) is 13.2 Å². The van der Waals surface area contributed by atoms with E-state index < -0.39 is 12.1 Å². The summed E-state index contributed by atoms with van der Waals surface area (Å²) in [6.07, 6.45) is 91.5. The molecule has 0 spiro atoms. The second-order valence-corrected chi connectivity index (χ2v) is 24.2. The van der Waals surface area contributed by atoms with Crippen LogP contribution in [0.25, 0.3) is 0 Å². The fraction of sp³-hybridized carbons (Fsp3) is 0.838. The summed E-state index contributed by atoms with van der Waals surface area (Å²) >= 11 is 0. The number of amides is 1. The first-order valence-electron chi connectivity index (χ1n) is 35.6. The average Bonchev–Trinajstić information content (AvgIpc) is 3.46. The lowest BCUT2D eigenvalue weighted by molar-refractivity contribution is -0.143. The number of unbranched alkanes of at least 4 members (excludes halogenated alkanes) is 47. The maximum atomic E-state index is 12.5. The molecule has 0 heterocycles. The Morgan fingerprint density at radius 3 is 0.963 bits per heavy atom. The molecule has 0 aromatic rings. The molecule has 0 bridgehead atoms. The predicted octanol–water partition coefficient (Wildman–Crippen LogP) is 23.0. The minimum Gasteiger partial charge on any atom is -0.466 e. The Bertz CT molecular complexity index is 1380. The molecule has 2 atom stereocenters. The maximum Gasteiger partial charge on any atom is 0.305 e. The first-order chi connectivity index (χ1) is 39.5. The quantitative estimate of drug-likeness (QED) is 0.0320. The van der Waals surface area contributed by atoms with Gasteiger partial charge < -0.3 is 20.3 Å². The number of aliphatic hydroxyl groups excluding tert-OH is 2. The van der Waals surface area contributed by atoms with E-state index in [0.717, 1.165) is 70.6 Å². The van der Waals surface area contributed by atoms with Crippen LogP contribution >= 0.6 is 0 Å². The molecular formula is C74H137NO5. The van der Waals surface area contributed by atoms with E-state index in [1.54, 1.807) is 6.08 Å². The molecule has 0 aliphatic rings. The van der Waals surface area contributed by atoms with Crippen LogP contribution in [0.1, 0.15) is 373 Å². The SMILES string of the molecule is CCCCCC/C=C\C/C=C\CCCCCCCCCC(=O)OCCCCCCCCCCC/C=C\C/C=C\CCCCCCCCCC(=O)NC(CO)C(O)/C=C/CCCCCCCCCCCCCCCCCCCCCC. The van der Waals surface area contributed by atoms with Gasteiger partial charge in [0.15, 0.2) is 0 Å². The lowest BCUT2D eigenvalue weighted by atomic mass is 10.0. The molecule has 6 heteroatoms. The molecule has 468 valence electrons. The van der Waals surface area contributed by atoms with E-state index in [9.17, 15) is 19.8 Å². The van der Waals surface area contributed by atoms with Crippen molar-refractivity contribution in [1.82, 2.24) is 5.32 Å². The van der Waals surface area contributed by atoms with Gasteiger partial charge in [0.25, 0.3) is 0 Å². The molecule has 0 aliphatic heterocycles. The Morgan fingerprint density at radius 2 is 0.625 bits per heavy atom. The molecule has 1 amide bonds. The summed E-state index contributed by atoms with van der Waals surface area (Å²) in [5, 5.41) is 23.2. The largest absolute Gasteiger partial charge is 0.466 e. The van der Waals surface area contributed by atoms with Crippen molar-refractivity contribution in [2.24, 2.45) is 0 Å². The van der Waals surface area contributed by atoms with Crippen LogP contribution in [0.15, 0.2) is 60.8 Å². The average molecular weight is 1120 g/mol. The summed E-state index contributed by atoms with van der Waals surface area (Å²) in [5.74, 6) is -0.0767. The standard InChI is InChI=1S/C74H137NO5/c1-3-5-7-9-11-13-15-17-19-21-23-24-28-31-34-38-42-46-50-54-58-62-66-72(77)71(70-76)75-73(78)67-63-59-55-51-47-43-39-35-32-29-26-25-27-30-33-37-41-45-49-53-57-61-65-69-80-74(79)68-64-60-56-52-48-44-40-36-22-20-18-16-14-12-10-8-6-4-2/h14,16,20,22,25,27,29,32,62,66,71-72,76-77H,3-13,15,17-19,21,23-24,26,28,30-31,33-61,63-65,67-70H2,1-2H3,(H,75,78)/b16-14-,22-20-,27-25-,32-29-,66-62+. The highest BCUT2D eigenvalue weighted by Crippen LogP contribution is 2.18. The molecule has 80 heavy (non-hydrogen) atoms. The molecular weight excluding hydrogens is 983 g/mol. The predicted molar refractivity (Wildman–Crippen MR) is 352 cm³/mol. The highest BCUT2D eigenvalue weighted by atomic mass is 16.5. The smallest absolute Gasteiger partial charge is 0.305 e. The van der Waals surface area contributed by atoms with Crippen molar-refractivity contribution in [1.29, 1.82) is 0 Å². The number of nitrogens with one attached hydrogen (secondary N) is 1. The number of hydrogen-bond acceptors (Lipinski definition) is 5. The molecule has 0 radical (unpaired) electrons. The number of esters is 1. The molecule has 0 aliphatic carbocycles. The second kappa shape index (κ2) is 69.1. The molecule has 0 fully saturated rings. The second-order valence-electron chi connectivity index (χ2n) is 24.2. The molecule has 0 saturated carbocycles. The van der Waals surface area contributed by atoms with Gasteiger partial charge in [0.2, 0.25) is 5.91 Å². The van der Waals surface area contributed by atoms with Gasteiger partial charge in [-0.2, -0.15) is 0 Å². The van der Waals surface area contributed by atoms with Gasteiger partial charge in [-0.25, -0.2) is 0 Å². The Hall–Kier alpha value is -2.44. The fourth-order valence-corrected chi connectivity index (χ4v) is 10.8. The topological polar surface area (TPSA) is 95.9 Å². The van der Waals surface area contributed by atoms with E-state index in [-0.39, 0.29) is 18.5 Å². The maximum absolute atomic E-state index is 12.5. The summed E-state index contributed by atoms with van der Waals surface area (Å²) in [6, 6.07) is -0.638. The van der Waals surface area contributed by atoms with Gasteiger partial charge in [-0.1, -0.05) is 325 Å². The zero-order chi connectivity index (χ0) is 57.8. The minimum absolute atomic E-state index is 0.000788. The van der Waals surface area contributed by atoms with Crippen molar-refractivity contribution in [3.8, 4) is 0 Å². The van der Waals surface area contributed by atoms with Gasteiger partial charge >= 0.3 is 5.97 Å². The molecule has 0 aromatic carbocycles. The lowest BCUT2D eigenvalue weighted by Crippen LogP contribution is -2.45. The van der Waals surface area contributed by atoms with E-state index in [1.807, 2.05) is 6.08 Å². The highest BCUT2D eigenvalue weighted by Gasteiger charge is 2.18. The third-order valence-electron chi connectivity index (χ3n) is 16.3. The Morgan fingerprint density at radius 1 is 0.350 bits per heavy atom. The van der Waals surface area contributed by atoms with Crippen LogP contribution in [0, 0.1) is 0 Å². The van der Waals surface area contributed by atoms with Crippen molar-refractivity contribution in [3.63, 3.8) is 0 Å². The van der Waals surface area contributed by atoms with Gasteiger partial charge in [-0.05, 0) is 96.3 Å². The summed E-state index contributed by atoms with van der Waals surface area (Å²) in [7, 11) is 0. The van der Waals surface area contributed by atoms with E-state index in [0.29, 0.717) is 19.4 Å². The number of aliphatic hydroxyl groups is 2. The number of rotatable bonds is 66. The zero-order valence-electron chi connectivity index (χ0n) is 53.6. The summed E-state index contributed by atoms with van der Waals surface area (Å²) < 4.78 is 5.49. The first-order valence-corrected chi connectivity index (χ1v) is 35.6. The van der Waals surface area contributed by atoms with Crippen molar-refractivity contribution in [3.05, 3.63) is 60.8 Å². The van der Waals surface area contributed by atoms with E-state index in [4.69, 9.17) is 4.74 Å². The number of carbonyl (C=O) groups is 2. The fourth-order valence-electron chi connectivity index (χ4n) is 10.8. The zero-order valence-corrected chi connectivity index (χ0v) is 53.6. The molecule has 0 saturated heterocycles. The Labute approximate surface area is 499 Å². The number of carbonyl (C=O) groups excluding carboxylic acids is 2.